The Morgan fingerprint density at radius 2 is 1.92 bits per heavy atom. The molecule has 2 N–H and O–H groups in total. The van der Waals surface area contributed by atoms with Gasteiger partial charge in [-0.2, -0.15) is 13.2 Å². The number of halogens is 3. The SMILES string of the molecule is O=C(Cc1ccc2c(c1)CCC2)Nc1cc(C(F)(F)F)c[nH]c1=O. The Bertz CT molecular complexity index is 840. The molecule has 1 aromatic heterocycles. The molecular weight excluding hydrogens is 321 g/mol. The number of H-pyrrole nitrogens is 1. The molecule has 0 aliphatic heterocycles. The first-order valence-corrected chi connectivity index (χ1v) is 7.53. The fraction of sp³-hybridized carbons (Fsp3) is 0.294. The third kappa shape index (κ3) is 3.50. The van der Waals surface area contributed by atoms with Gasteiger partial charge in [0.15, 0.2) is 0 Å². The number of hydrogen-bond donors (Lipinski definition) is 2. The maximum absolute atomic E-state index is 12.7. The molecule has 1 aliphatic carbocycles. The van der Waals surface area contributed by atoms with Crippen LogP contribution in [0.15, 0.2) is 35.3 Å². The summed E-state index contributed by atoms with van der Waals surface area (Å²) in [6.07, 6.45) is -0.921. The summed E-state index contributed by atoms with van der Waals surface area (Å²) in [6.45, 7) is 0. The normalized spacial score (nSPS) is 13.6. The summed E-state index contributed by atoms with van der Waals surface area (Å²) in [5.41, 5.74) is 1.05. The summed E-state index contributed by atoms with van der Waals surface area (Å²) >= 11 is 0. The minimum atomic E-state index is -4.59. The number of aromatic nitrogens is 1. The molecule has 1 aliphatic rings. The Morgan fingerprint density at radius 1 is 1.17 bits per heavy atom. The zero-order valence-electron chi connectivity index (χ0n) is 12.7. The minimum absolute atomic E-state index is 0.00294. The number of aryl methyl sites for hydroxylation is 2. The van der Waals surface area contributed by atoms with Gasteiger partial charge in [-0.25, -0.2) is 0 Å². The van der Waals surface area contributed by atoms with Crippen LogP contribution in [0.3, 0.4) is 0 Å². The van der Waals surface area contributed by atoms with Crippen LogP contribution in [0.2, 0.25) is 0 Å². The predicted octanol–water partition coefficient (Wildman–Crippen LogP) is 3.06. The van der Waals surface area contributed by atoms with Gasteiger partial charge in [-0.15, -0.1) is 0 Å². The molecule has 0 atom stereocenters. The van der Waals surface area contributed by atoms with E-state index in [1.165, 1.54) is 11.1 Å². The number of nitrogens with one attached hydrogen (secondary N) is 2. The largest absolute Gasteiger partial charge is 0.417 e. The van der Waals surface area contributed by atoms with Gasteiger partial charge in [0.25, 0.3) is 5.56 Å². The maximum atomic E-state index is 12.7. The highest BCUT2D eigenvalue weighted by molar-refractivity contribution is 5.92. The summed E-state index contributed by atoms with van der Waals surface area (Å²) in [4.78, 5) is 25.6. The fourth-order valence-electron chi connectivity index (χ4n) is 2.86. The highest BCUT2D eigenvalue weighted by Crippen LogP contribution is 2.29. The summed E-state index contributed by atoms with van der Waals surface area (Å²) in [5, 5.41) is 2.26. The summed E-state index contributed by atoms with van der Waals surface area (Å²) in [6, 6.07) is 6.39. The Morgan fingerprint density at radius 3 is 2.67 bits per heavy atom. The first kappa shape index (κ1) is 16.3. The molecule has 2 aromatic rings. The minimum Gasteiger partial charge on any atom is -0.327 e. The average Bonchev–Trinajstić information content (AvgIpc) is 2.96. The van der Waals surface area contributed by atoms with Gasteiger partial charge in [0, 0.05) is 6.20 Å². The van der Waals surface area contributed by atoms with Crippen molar-refractivity contribution in [1.82, 2.24) is 4.98 Å². The topological polar surface area (TPSA) is 62.0 Å². The van der Waals surface area contributed by atoms with Crippen molar-refractivity contribution in [3.8, 4) is 0 Å². The van der Waals surface area contributed by atoms with Crippen LogP contribution in [0.25, 0.3) is 0 Å². The smallest absolute Gasteiger partial charge is 0.327 e. The third-order valence-corrected chi connectivity index (χ3v) is 4.03. The number of carbonyl (C=O) groups is 1. The van der Waals surface area contributed by atoms with Crippen LogP contribution in [0, 0.1) is 0 Å². The average molecular weight is 336 g/mol. The number of fused-ring (bicyclic) bond motifs is 1. The molecule has 1 amide bonds. The van der Waals surface area contributed by atoms with Gasteiger partial charge >= 0.3 is 6.18 Å². The second-order valence-corrected chi connectivity index (χ2v) is 5.81. The Labute approximate surface area is 135 Å². The van der Waals surface area contributed by atoms with Gasteiger partial charge in [0.05, 0.1) is 12.0 Å². The molecule has 0 saturated heterocycles. The van der Waals surface area contributed by atoms with Gasteiger partial charge in [-0.3, -0.25) is 9.59 Å². The summed E-state index contributed by atoms with van der Waals surface area (Å²) < 4.78 is 38.0. The molecule has 0 radical (unpaired) electrons. The van der Waals surface area contributed by atoms with Crippen LogP contribution in [0.5, 0.6) is 0 Å². The molecule has 0 bridgehead atoms. The van der Waals surface area contributed by atoms with E-state index in [1.807, 2.05) is 23.2 Å². The van der Waals surface area contributed by atoms with Crippen molar-refractivity contribution in [2.45, 2.75) is 31.9 Å². The highest BCUT2D eigenvalue weighted by atomic mass is 19.4. The third-order valence-electron chi connectivity index (χ3n) is 4.03. The number of hydrogen-bond acceptors (Lipinski definition) is 2. The number of amides is 1. The Balaban J connectivity index is 1.74. The zero-order valence-corrected chi connectivity index (χ0v) is 12.7. The first-order chi connectivity index (χ1) is 11.3. The van der Waals surface area contributed by atoms with E-state index in [-0.39, 0.29) is 6.42 Å². The maximum Gasteiger partial charge on any atom is 0.417 e. The number of carbonyl (C=O) groups excluding carboxylic acids is 1. The van der Waals surface area contributed by atoms with Crippen molar-refractivity contribution in [3.63, 3.8) is 0 Å². The first-order valence-electron chi connectivity index (χ1n) is 7.53. The molecule has 3 rings (SSSR count). The molecule has 0 unspecified atom stereocenters. The van der Waals surface area contributed by atoms with Gasteiger partial charge in [-0.1, -0.05) is 18.2 Å². The molecule has 126 valence electrons. The van der Waals surface area contributed by atoms with Crippen molar-refractivity contribution in [2.24, 2.45) is 0 Å². The lowest BCUT2D eigenvalue weighted by Gasteiger charge is -2.09. The van der Waals surface area contributed by atoms with E-state index < -0.39 is 28.9 Å². The predicted molar refractivity (Wildman–Crippen MR) is 82.9 cm³/mol. The van der Waals surface area contributed by atoms with Crippen molar-refractivity contribution in [1.29, 1.82) is 0 Å². The zero-order chi connectivity index (χ0) is 17.3. The molecule has 24 heavy (non-hydrogen) atoms. The summed E-state index contributed by atoms with van der Waals surface area (Å²) in [7, 11) is 0. The Hall–Kier alpha value is -2.57. The van der Waals surface area contributed by atoms with Crippen LogP contribution < -0.4 is 10.9 Å². The van der Waals surface area contributed by atoms with E-state index in [4.69, 9.17) is 0 Å². The number of alkyl halides is 3. The van der Waals surface area contributed by atoms with Gasteiger partial charge in [0.2, 0.25) is 5.91 Å². The number of anilines is 1. The van der Waals surface area contributed by atoms with Crippen LogP contribution in [0.4, 0.5) is 18.9 Å². The van der Waals surface area contributed by atoms with E-state index in [1.54, 1.807) is 0 Å². The second-order valence-electron chi connectivity index (χ2n) is 5.81. The van der Waals surface area contributed by atoms with E-state index in [2.05, 4.69) is 5.32 Å². The van der Waals surface area contributed by atoms with Gasteiger partial charge in [-0.05, 0) is 42.0 Å². The van der Waals surface area contributed by atoms with E-state index in [0.717, 1.165) is 24.8 Å². The molecule has 1 aromatic carbocycles. The lowest BCUT2D eigenvalue weighted by Crippen LogP contribution is -2.22. The van der Waals surface area contributed by atoms with Crippen molar-refractivity contribution >= 4 is 11.6 Å². The van der Waals surface area contributed by atoms with Gasteiger partial charge < -0.3 is 10.3 Å². The molecule has 4 nitrogen and oxygen atoms in total. The lowest BCUT2D eigenvalue weighted by molar-refractivity contribution is -0.137. The molecule has 0 spiro atoms. The molecular formula is C17H15F3N2O2. The number of aromatic amines is 1. The number of pyridine rings is 1. The number of rotatable bonds is 3. The molecule has 0 fully saturated rings. The molecule has 1 heterocycles. The lowest BCUT2D eigenvalue weighted by atomic mass is 10.0. The quantitative estimate of drug-likeness (QED) is 0.905. The molecule has 7 heteroatoms. The fourth-order valence-corrected chi connectivity index (χ4v) is 2.86. The van der Waals surface area contributed by atoms with Gasteiger partial charge in [0.1, 0.15) is 5.69 Å². The number of benzene rings is 1. The van der Waals surface area contributed by atoms with Crippen LogP contribution in [-0.2, 0) is 30.2 Å². The van der Waals surface area contributed by atoms with Crippen LogP contribution >= 0.6 is 0 Å². The Kier molecular flexibility index (Phi) is 4.17. The van der Waals surface area contributed by atoms with Crippen molar-refractivity contribution in [3.05, 3.63) is 63.1 Å². The van der Waals surface area contributed by atoms with Crippen LogP contribution in [-0.4, -0.2) is 10.9 Å². The van der Waals surface area contributed by atoms with E-state index >= 15 is 0 Å². The highest BCUT2D eigenvalue weighted by Gasteiger charge is 2.31. The van der Waals surface area contributed by atoms with E-state index in [0.29, 0.717) is 12.3 Å². The molecule has 0 saturated carbocycles. The van der Waals surface area contributed by atoms with E-state index in [9.17, 15) is 22.8 Å². The van der Waals surface area contributed by atoms with Crippen LogP contribution in [0.1, 0.15) is 28.7 Å². The van der Waals surface area contributed by atoms with Crippen molar-refractivity contribution in [2.75, 3.05) is 5.32 Å². The standard InChI is InChI=1S/C17H15F3N2O2/c18-17(19,20)13-8-14(16(24)21-9-13)22-15(23)7-10-4-5-11-2-1-3-12(11)6-10/h4-6,8-9H,1-3,7H2,(H,21,24)(H,22,23). The van der Waals surface area contributed by atoms with Crippen molar-refractivity contribution < 1.29 is 18.0 Å². The summed E-state index contributed by atoms with van der Waals surface area (Å²) in [5.74, 6) is -0.530. The second kappa shape index (κ2) is 6.14. The monoisotopic (exact) mass is 336 g/mol.